The topological polar surface area (TPSA) is 62.1 Å². The Balaban J connectivity index is 1.97. The van der Waals surface area contributed by atoms with Crippen LogP contribution in [0.15, 0.2) is 41.0 Å². The number of halogens is 1. The van der Waals surface area contributed by atoms with Crippen LogP contribution < -0.4 is 9.75 Å². The molecule has 0 unspecified atom stereocenters. The highest BCUT2D eigenvalue weighted by Gasteiger charge is 2.29. The maximum absolute atomic E-state index is 12.9. The Labute approximate surface area is 163 Å². The molecule has 2 aromatic rings. The van der Waals surface area contributed by atoms with Crippen molar-refractivity contribution in [3.8, 4) is 11.5 Å². The molecule has 0 aromatic heterocycles. The molecule has 1 heterocycles. The fourth-order valence-electron chi connectivity index (χ4n) is 2.83. The maximum Gasteiger partial charge on any atom is 0.280 e. The van der Waals surface area contributed by atoms with E-state index in [0.29, 0.717) is 23.5 Å². The Morgan fingerprint density at radius 2 is 1.93 bits per heavy atom. The number of ether oxygens (including phenoxy) is 1. The molecule has 1 aliphatic rings. The molecular formula is C21H21ClN2O3. The predicted octanol–water partition coefficient (Wildman–Crippen LogP) is 4.87. The van der Waals surface area contributed by atoms with Gasteiger partial charge in [0.15, 0.2) is 11.5 Å². The highest BCUT2D eigenvalue weighted by molar-refractivity contribution is 6.33. The molecule has 0 radical (unpaired) electrons. The van der Waals surface area contributed by atoms with Crippen molar-refractivity contribution in [1.82, 2.24) is 0 Å². The number of hydrogen-bond donors (Lipinski definition) is 1. The van der Waals surface area contributed by atoms with Gasteiger partial charge in [-0.05, 0) is 74.7 Å². The zero-order chi connectivity index (χ0) is 19.7. The average Bonchev–Trinajstić information content (AvgIpc) is 2.90. The molecule has 5 nitrogen and oxygen atoms in total. The fraction of sp³-hybridized carbons (Fsp3) is 0.238. The van der Waals surface area contributed by atoms with E-state index in [4.69, 9.17) is 16.3 Å². The summed E-state index contributed by atoms with van der Waals surface area (Å²) in [5, 5.41) is 16.0. The van der Waals surface area contributed by atoms with Gasteiger partial charge in [0.1, 0.15) is 0 Å². The Kier molecular flexibility index (Phi) is 5.24. The molecule has 0 spiro atoms. The number of anilines is 1. The first-order valence-corrected chi connectivity index (χ1v) is 9.04. The number of carbonyl (C=O) groups excluding carboxylic acids is 1. The summed E-state index contributed by atoms with van der Waals surface area (Å²) >= 11 is 6.08. The molecule has 140 valence electrons. The average molecular weight is 385 g/mol. The lowest BCUT2D eigenvalue weighted by Gasteiger charge is -2.13. The number of aromatic hydroxyl groups is 1. The van der Waals surface area contributed by atoms with Crippen molar-refractivity contribution in [2.75, 3.05) is 11.6 Å². The highest BCUT2D eigenvalue weighted by atomic mass is 35.5. The second-order valence-corrected chi connectivity index (χ2v) is 6.82. The maximum atomic E-state index is 12.9. The van der Waals surface area contributed by atoms with Crippen molar-refractivity contribution >= 4 is 35.0 Å². The number of benzene rings is 2. The monoisotopic (exact) mass is 384 g/mol. The van der Waals surface area contributed by atoms with Crippen molar-refractivity contribution < 1.29 is 14.6 Å². The lowest BCUT2D eigenvalue weighted by molar-refractivity contribution is -0.114. The van der Waals surface area contributed by atoms with Gasteiger partial charge in [-0.2, -0.15) is 10.1 Å². The summed E-state index contributed by atoms with van der Waals surface area (Å²) in [6, 6.07) is 9.03. The van der Waals surface area contributed by atoms with E-state index < -0.39 is 0 Å². The molecule has 1 amide bonds. The minimum absolute atomic E-state index is 0.111. The van der Waals surface area contributed by atoms with Crippen molar-refractivity contribution in [1.29, 1.82) is 0 Å². The Morgan fingerprint density at radius 3 is 2.59 bits per heavy atom. The first-order chi connectivity index (χ1) is 12.8. The van der Waals surface area contributed by atoms with Crippen LogP contribution in [0.25, 0.3) is 6.08 Å². The van der Waals surface area contributed by atoms with Crippen molar-refractivity contribution in [3.63, 3.8) is 0 Å². The minimum atomic E-state index is -0.210. The number of rotatable bonds is 4. The van der Waals surface area contributed by atoms with E-state index in [-0.39, 0.29) is 22.4 Å². The number of phenols is 1. The molecule has 1 aliphatic heterocycles. The number of hydrazone groups is 1. The van der Waals surface area contributed by atoms with Gasteiger partial charge in [0.05, 0.1) is 28.6 Å². The van der Waals surface area contributed by atoms with Crippen LogP contribution >= 0.6 is 11.6 Å². The summed E-state index contributed by atoms with van der Waals surface area (Å²) < 4.78 is 5.40. The van der Waals surface area contributed by atoms with Crippen molar-refractivity contribution in [2.24, 2.45) is 5.10 Å². The summed E-state index contributed by atoms with van der Waals surface area (Å²) in [4.78, 5) is 12.9. The van der Waals surface area contributed by atoms with Crippen LogP contribution in [-0.2, 0) is 4.79 Å². The van der Waals surface area contributed by atoms with Crippen LogP contribution in [0.3, 0.4) is 0 Å². The first kappa shape index (κ1) is 19.0. The Bertz CT molecular complexity index is 980. The van der Waals surface area contributed by atoms with Gasteiger partial charge >= 0.3 is 0 Å². The molecule has 6 heteroatoms. The van der Waals surface area contributed by atoms with Crippen LogP contribution in [0.1, 0.15) is 30.5 Å². The number of carbonyl (C=O) groups is 1. The third kappa shape index (κ3) is 3.69. The van der Waals surface area contributed by atoms with Crippen molar-refractivity contribution in [2.45, 2.75) is 27.7 Å². The Morgan fingerprint density at radius 1 is 1.19 bits per heavy atom. The quantitative estimate of drug-likeness (QED) is 0.765. The number of aryl methyl sites for hydroxylation is 2. The second kappa shape index (κ2) is 7.45. The van der Waals surface area contributed by atoms with E-state index in [1.54, 1.807) is 25.1 Å². The minimum Gasteiger partial charge on any atom is -0.503 e. The molecule has 0 saturated carbocycles. The van der Waals surface area contributed by atoms with Gasteiger partial charge in [0, 0.05) is 0 Å². The van der Waals surface area contributed by atoms with Gasteiger partial charge in [0.2, 0.25) is 0 Å². The molecule has 27 heavy (non-hydrogen) atoms. The molecule has 0 aliphatic carbocycles. The molecule has 0 atom stereocenters. The normalized spacial score (nSPS) is 15.4. The zero-order valence-corrected chi connectivity index (χ0v) is 16.5. The lowest BCUT2D eigenvalue weighted by atomic mass is 10.1. The van der Waals surface area contributed by atoms with Crippen LogP contribution in [0.2, 0.25) is 5.02 Å². The van der Waals surface area contributed by atoms with E-state index in [2.05, 4.69) is 5.10 Å². The molecule has 3 rings (SSSR count). The highest BCUT2D eigenvalue weighted by Crippen LogP contribution is 2.36. The number of amides is 1. The zero-order valence-electron chi connectivity index (χ0n) is 15.7. The summed E-state index contributed by atoms with van der Waals surface area (Å²) in [5.41, 5.74) is 4.71. The van der Waals surface area contributed by atoms with E-state index in [1.807, 2.05) is 39.0 Å². The van der Waals surface area contributed by atoms with E-state index in [0.717, 1.165) is 16.8 Å². The number of hydrogen-bond acceptors (Lipinski definition) is 4. The lowest BCUT2D eigenvalue weighted by Crippen LogP contribution is -2.21. The van der Waals surface area contributed by atoms with Gasteiger partial charge in [-0.1, -0.05) is 17.7 Å². The van der Waals surface area contributed by atoms with Gasteiger partial charge < -0.3 is 9.84 Å². The molecule has 0 fully saturated rings. The summed E-state index contributed by atoms with van der Waals surface area (Å²) in [6.07, 6.45) is 1.70. The predicted molar refractivity (Wildman–Crippen MR) is 109 cm³/mol. The second-order valence-electron chi connectivity index (χ2n) is 6.41. The van der Waals surface area contributed by atoms with Crippen LogP contribution in [0.5, 0.6) is 11.5 Å². The van der Waals surface area contributed by atoms with Gasteiger partial charge in [0.25, 0.3) is 5.91 Å². The van der Waals surface area contributed by atoms with Gasteiger partial charge in [-0.3, -0.25) is 4.79 Å². The third-order valence-electron chi connectivity index (χ3n) is 4.46. The van der Waals surface area contributed by atoms with E-state index in [1.165, 1.54) is 5.01 Å². The molecule has 0 bridgehead atoms. The molecule has 0 saturated heterocycles. The largest absolute Gasteiger partial charge is 0.503 e. The first-order valence-electron chi connectivity index (χ1n) is 8.66. The van der Waals surface area contributed by atoms with Crippen molar-refractivity contribution in [3.05, 3.63) is 57.6 Å². The number of phenolic OH excluding ortho intramolecular Hbond substituents is 1. The standard InChI is InChI=1S/C21H21ClN2O3/c1-5-27-19-11-15(10-18(22)20(19)25)9-17-14(4)23-24(21(17)26)16-7-6-12(2)13(3)8-16/h6-11,25H,5H2,1-4H3. The fourth-order valence-corrected chi connectivity index (χ4v) is 3.05. The summed E-state index contributed by atoms with van der Waals surface area (Å²) in [5.74, 6) is -0.0404. The Hall–Kier alpha value is -2.79. The van der Waals surface area contributed by atoms with Crippen LogP contribution in [-0.4, -0.2) is 23.3 Å². The molecule has 1 N–H and O–H groups in total. The summed E-state index contributed by atoms with van der Waals surface area (Å²) in [7, 11) is 0. The smallest absolute Gasteiger partial charge is 0.280 e. The van der Waals surface area contributed by atoms with Gasteiger partial charge in [-0.15, -0.1) is 0 Å². The SMILES string of the molecule is CCOc1cc(C=C2C(=O)N(c3ccc(C)c(C)c3)N=C2C)cc(Cl)c1O. The molecular weight excluding hydrogens is 364 g/mol. The van der Waals surface area contributed by atoms with Crippen LogP contribution in [0, 0.1) is 13.8 Å². The van der Waals surface area contributed by atoms with Crippen LogP contribution in [0.4, 0.5) is 5.69 Å². The van der Waals surface area contributed by atoms with E-state index in [9.17, 15) is 9.90 Å². The summed E-state index contributed by atoms with van der Waals surface area (Å²) in [6.45, 7) is 8.02. The van der Waals surface area contributed by atoms with Gasteiger partial charge in [-0.25, -0.2) is 0 Å². The van der Waals surface area contributed by atoms with E-state index >= 15 is 0 Å². The molecule has 2 aromatic carbocycles. The third-order valence-corrected chi connectivity index (χ3v) is 4.75. The number of nitrogens with zero attached hydrogens (tertiary/aromatic N) is 2.